The zero-order chi connectivity index (χ0) is 35.4. The first-order valence-corrected chi connectivity index (χ1v) is 23.0. The van der Waals surface area contributed by atoms with Crippen molar-refractivity contribution in [3.8, 4) is 0 Å². The third kappa shape index (κ3) is 6.68. The van der Waals surface area contributed by atoms with Crippen molar-refractivity contribution in [2.45, 2.75) is 223 Å². The van der Waals surface area contributed by atoms with Gasteiger partial charge in [-0.15, -0.1) is 0 Å². The number of hydrogen-bond donors (Lipinski definition) is 0. The molecule has 16 aliphatic carbocycles. The fraction of sp³-hybridized carbons (Fsp3) is 1.00. The SMILES string of the molecule is CC12CC3(C)CC(C)(C1)CC(C)(C2)C3.CC12CC3CC(C)(C1)CC(C)(C3)C2.CC12CC3CC(C1)CC(C)(C3)C2.CC12CC3CC(CC(C3)C1)C2. The Morgan fingerprint density at radius 3 is 0.640 bits per heavy atom. The molecule has 284 valence electrons. The second-order valence-electron chi connectivity index (χ2n) is 28.1. The molecule has 0 N–H and O–H groups in total. The van der Waals surface area contributed by atoms with Crippen LogP contribution in [-0.2, 0) is 0 Å². The van der Waals surface area contributed by atoms with E-state index in [0.29, 0.717) is 21.7 Å². The normalized spacial score (nSPS) is 63.5. The van der Waals surface area contributed by atoms with Gasteiger partial charge in [-0.05, 0) is 244 Å². The van der Waals surface area contributed by atoms with Gasteiger partial charge in [-0.1, -0.05) is 69.2 Å². The van der Waals surface area contributed by atoms with Gasteiger partial charge in [0.2, 0.25) is 0 Å². The van der Waals surface area contributed by atoms with Crippen LogP contribution in [0.25, 0.3) is 0 Å². The van der Waals surface area contributed by atoms with E-state index in [1.807, 2.05) is 0 Å². The standard InChI is InChI=1S/C14H24.C13H22.C12H20.C11H18/c1-11-5-12(2)8-13(3,6-11)10-14(4,7-11)9-12;1-11-4-10-5-12(2,7-11)9-13(3,6-10)8-11;1-11-4-9-3-10(5-11)7-12(2,6-9)8-11;1-11-5-8-2-9(6-11)4-10(3-8)7-11/h5-10H2,1-4H3;10H,4-9H2,1-3H3;9-10H,3-8H2,1-2H3;8-10H,2-7H2,1H3. The van der Waals surface area contributed by atoms with Gasteiger partial charge in [0.05, 0.1) is 0 Å². The summed E-state index contributed by atoms with van der Waals surface area (Å²) in [5.41, 5.74) is 7.25. The fourth-order valence-corrected chi connectivity index (χ4v) is 22.7. The molecule has 16 rings (SSSR count). The van der Waals surface area contributed by atoms with Crippen molar-refractivity contribution in [1.82, 2.24) is 0 Å². The van der Waals surface area contributed by atoms with Gasteiger partial charge in [0.15, 0.2) is 0 Å². The molecule has 16 bridgehead atoms. The molecule has 16 saturated carbocycles. The predicted molar refractivity (Wildman–Crippen MR) is 213 cm³/mol. The van der Waals surface area contributed by atoms with Crippen LogP contribution in [0.15, 0.2) is 0 Å². The van der Waals surface area contributed by atoms with Crippen LogP contribution < -0.4 is 0 Å². The lowest BCUT2D eigenvalue weighted by Crippen LogP contribution is -2.57. The van der Waals surface area contributed by atoms with E-state index in [9.17, 15) is 0 Å². The molecule has 0 aromatic carbocycles. The van der Waals surface area contributed by atoms with Crippen molar-refractivity contribution >= 4 is 0 Å². The average molecular weight is 685 g/mol. The monoisotopic (exact) mass is 685 g/mol. The summed E-state index contributed by atoms with van der Waals surface area (Å²) in [6.07, 6.45) is 37.0. The van der Waals surface area contributed by atoms with Gasteiger partial charge < -0.3 is 0 Å². The van der Waals surface area contributed by atoms with Crippen molar-refractivity contribution in [3.05, 3.63) is 0 Å². The van der Waals surface area contributed by atoms with Crippen LogP contribution >= 0.6 is 0 Å². The first kappa shape index (κ1) is 35.7. The summed E-state index contributed by atoms with van der Waals surface area (Å²) in [4.78, 5) is 0. The molecule has 0 atom stereocenters. The van der Waals surface area contributed by atoms with Crippen LogP contribution in [0.2, 0.25) is 0 Å². The summed E-state index contributed by atoms with van der Waals surface area (Å²) in [7, 11) is 0. The molecule has 0 aromatic heterocycles. The second kappa shape index (κ2) is 10.9. The van der Waals surface area contributed by atoms with Gasteiger partial charge in [0, 0.05) is 0 Å². The minimum atomic E-state index is 0.688. The van der Waals surface area contributed by atoms with Crippen LogP contribution in [-0.4, -0.2) is 0 Å². The highest BCUT2D eigenvalue weighted by Gasteiger charge is 2.62. The van der Waals surface area contributed by atoms with E-state index in [1.54, 1.807) is 70.6 Å². The highest BCUT2D eigenvalue weighted by molar-refractivity contribution is 5.13. The van der Waals surface area contributed by atoms with E-state index in [2.05, 4.69) is 69.2 Å². The summed E-state index contributed by atoms with van der Waals surface area (Å²) in [5, 5.41) is 0. The van der Waals surface area contributed by atoms with Crippen molar-refractivity contribution in [3.63, 3.8) is 0 Å². The summed E-state index contributed by atoms with van der Waals surface area (Å²) in [6.45, 7) is 25.5. The van der Waals surface area contributed by atoms with Crippen LogP contribution in [0.3, 0.4) is 0 Å². The molecular formula is C50H84. The van der Waals surface area contributed by atoms with E-state index in [4.69, 9.17) is 0 Å². The van der Waals surface area contributed by atoms with Crippen molar-refractivity contribution in [1.29, 1.82) is 0 Å². The molecule has 0 radical (unpaired) electrons. The maximum atomic E-state index is 2.55. The van der Waals surface area contributed by atoms with Crippen LogP contribution in [0, 0.1) is 89.7 Å². The summed E-state index contributed by atoms with van der Waals surface area (Å²) in [5.74, 6) is 6.74. The molecule has 0 aliphatic heterocycles. The Kier molecular flexibility index (Phi) is 7.74. The molecule has 50 heavy (non-hydrogen) atoms. The Bertz CT molecular complexity index is 1130. The molecule has 0 heterocycles. The van der Waals surface area contributed by atoms with Crippen molar-refractivity contribution in [2.24, 2.45) is 89.7 Å². The third-order valence-electron chi connectivity index (χ3n) is 19.0. The molecule has 0 aromatic rings. The van der Waals surface area contributed by atoms with Crippen LogP contribution in [0.5, 0.6) is 0 Å². The quantitative estimate of drug-likeness (QED) is 0.238. The molecule has 0 nitrogen and oxygen atoms in total. The Hall–Kier alpha value is 0. The van der Waals surface area contributed by atoms with Gasteiger partial charge >= 0.3 is 0 Å². The van der Waals surface area contributed by atoms with Gasteiger partial charge in [0.1, 0.15) is 0 Å². The van der Waals surface area contributed by atoms with Gasteiger partial charge in [-0.3, -0.25) is 0 Å². The molecule has 0 unspecified atom stereocenters. The van der Waals surface area contributed by atoms with Crippen LogP contribution in [0.1, 0.15) is 223 Å². The Morgan fingerprint density at radius 1 is 0.200 bits per heavy atom. The molecule has 0 amide bonds. The van der Waals surface area contributed by atoms with Gasteiger partial charge in [-0.25, -0.2) is 0 Å². The molecule has 0 spiro atoms. The smallest absolute Gasteiger partial charge is 0.0310 e. The minimum absolute atomic E-state index is 0.688. The van der Waals surface area contributed by atoms with Crippen molar-refractivity contribution in [2.75, 3.05) is 0 Å². The predicted octanol–water partition coefficient (Wildman–Crippen LogP) is 15.2. The number of rotatable bonds is 0. The van der Waals surface area contributed by atoms with Gasteiger partial charge in [0.25, 0.3) is 0 Å². The maximum Gasteiger partial charge on any atom is -0.0310 e. The van der Waals surface area contributed by atoms with Gasteiger partial charge in [-0.2, -0.15) is 0 Å². The molecule has 0 saturated heterocycles. The minimum Gasteiger partial charge on any atom is -0.0596 e. The average Bonchev–Trinajstić information content (AvgIpc) is 2.79. The molecule has 0 heteroatoms. The first-order chi connectivity index (χ1) is 23.0. The van der Waals surface area contributed by atoms with E-state index in [1.165, 1.54) is 83.5 Å². The lowest BCUT2D eigenvalue weighted by Gasteiger charge is -2.68. The first-order valence-electron chi connectivity index (χ1n) is 23.0. The summed E-state index contributed by atoms with van der Waals surface area (Å²) >= 11 is 0. The van der Waals surface area contributed by atoms with E-state index in [0.717, 1.165) is 68.0 Å². The third-order valence-corrected chi connectivity index (χ3v) is 19.0. The van der Waals surface area contributed by atoms with E-state index < -0.39 is 0 Å². The fourth-order valence-electron chi connectivity index (χ4n) is 22.7. The molecular weight excluding hydrogens is 601 g/mol. The Balaban J connectivity index is 0.0000000900. The second-order valence-corrected chi connectivity index (χ2v) is 28.1. The Labute approximate surface area is 312 Å². The number of hydrogen-bond acceptors (Lipinski definition) is 0. The zero-order valence-electron chi connectivity index (χ0n) is 35.4. The largest absolute Gasteiger partial charge is 0.0596 e. The lowest BCUT2D eigenvalue weighted by molar-refractivity contribution is -0.176. The highest BCUT2D eigenvalue weighted by Crippen LogP contribution is 2.74. The van der Waals surface area contributed by atoms with E-state index in [-0.39, 0.29) is 0 Å². The highest BCUT2D eigenvalue weighted by atomic mass is 14.7. The topological polar surface area (TPSA) is 0 Å². The summed E-state index contributed by atoms with van der Waals surface area (Å²) < 4.78 is 0. The molecule has 16 aliphatic rings. The van der Waals surface area contributed by atoms with Crippen LogP contribution in [0.4, 0.5) is 0 Å². The zero-order valence-corrected chi connectivity index (χ0v) is 35.4. The van der Waals surface area contributed by atoms with E-state index >= 15 is 0 Å². The summed E-state index contributed by atoms with van der Waals surface area (Å²) in [6, 6.07) is 0. The molecule has 16 fully saturated rings. The maximum absolute atomic E-state index is 2.55. The Morgan fingerprint density at radius 2 is 0.400 bits per heavy atom. The lowest BCUT2D eigenvalue weighted by atomic mass is 9.37. The van der Waals surface area contributed by atoms with Crippen molar-refractivity contribution < 1.29 is 0 Å².